The first-order chi connectivity index (χ1) is 10.3. The van der Waals surface area contributed by atoms with E-state index >= 15 is 0 Å². The van der Waals surface area contributed by atoms with E-state index in [1.165, 1.54) is 12.1 Å². The number of nitrogens with zero attached hydrogens (tertiary/aromatic N) is 1. The van der Waals surface area contributed by atoms with Crippen LogP contribution in [0.15, 0.2) is 12.1 Å². The van der Waals surface area contributed by atoms with Gasteiger partial charge in [-0.1, -0.05) is 23.2 Å². The molecule has 0 aromatic heterocycles. The molecule has 0 bridgehead atoms. The van der Waals surface area contributed by atoms with Crippen LogP contribution in [0.2, 0.25) is 10.0 Å². The Hall–Kier alpha value is -1.01. The van der Waals surface area contributed by atoms with Crippen LogP contribution >= 0.6 is 23.2 Å². The third-order valence-corrected chi connectivity index (χ3v) is 4.28. The van der Waals surface area contributed by atoms with Crippen molar-refractivity contribution in [2.75, 3.05) is 32.8 Å². The van der Waals surface area contributed by atoms with Gasteiger partial charge in [-0.05, 0) is 26.0 Å². The van der Waals surface area contributed by atoms with Gasteiger partial charge in [0.1, 0.15) is 10.8 Å². The number of morpholine rings is 1. The number of phenols is 1. The van der Waals surface area contributed by atoms with Gasteiger partial charge in [-0.15, -0.1) is 0 Å². The lowest BCUT2D eigenvalue weighted by Crippen LogP contribution is -2.53. The number of halogens is 2. The van der Waals surface area contributed by atoms with Crippen molar-refractivity contribution in [2.45, 2.75) is 19.4 Å². The van der Waals surface area contributed by atoms with Crippen LogP contribution in [0.4, 0.5) is 0 Å². The number of nitrogens with one attached hydrogen (secondary N) is 1. The molecule has 1 aromatic carbocycles. The zero-order valence-electron chi connectivity index (χ0n) is 12.7. The van der Waals surface area contributed by atoms with Gasteiger partial charge in [0, 0.05) is 25.2 Å². The van der Waals surface area contributed by atoms with Crippen LogP contribution in [0.3, 0.4) is 0 Å². The van der Waals surface area contributed by atoms with Crippen LogP contribution in [-0.2, 0) is 4.74 Å². The van der Waals surface area contributed by atoms with Crippen LogP contribution in [0.25, 0.3) is 0 Å². The molecule has 1 fully saturated rings. The Morgan fingerprint density at radius 2 is 2.00 bits per heavy atom. The molecule has 0 spiro atoms. The summed E-state index contributed by atoms with van der Waals surface area (Å²) in [4.78, 5) is 14.6. The van der Waals surface area contributed by atoms with E-state index in [9.17, 15) is 9.90 Å². The lowest BCUT2D eigenvalue weighted by atomic mass is 10.0. The molecule has 22 heavy (non-hydrogen) atoms. The molecule has 1 aliphatic heterocycles. The summed E-state index contributed by atoms with van der Waals surface area (Å²) >= 11 is 11.7. The fraction of sp³-hybridized carbons (Fsp3) is 0.533. The smallest absolute Gasteiger partial charge is 0.255 e. The topological polar surface area (TPSA) is 61.8 Å². The molecule has 7 heteroatoms. The average Bonchev–Trinajstić information content (AvgIpc) is 2.44. The van der Waals surface area contributed by atoms with Crippen LogP contribution in [0, 0.1) is 0 Å². The second-order valence-corrected chi connectivity index (χ2v) is 6.77. The SMILES string of the molecule is CC(C)(CN1CCOCC1)NC(=O)c1ccc(Cl)c(Cl)c1O. The van der Waals surface area contributed by atoms with Gasteiger partial charge in [0.2, 0.25) is 0 Å². The first-order valence-electron chi connectivity index (χ1n) is 7.10. The number of benzene rings is 1. The number of hydrogen-bond acceptors (Lipinski definition) is 4. The molecule has 122 valence electrons. The summed E-state index contributed by atoms with van der Waals surface area (Å²) in [5.41, 5.74) is -0.336. The van der Waals surface area contributed by atoms with Crippen molar-refractivity contribution >= 4 is 29.1 Å². The highest BCUT2D eigenvalue weighted by molar-refractivity contribution is 6.43. The van der Waals surface area contributed by atoms with Gasteiger partial charge in [-0.3, -0.25) is 9.69 Å². The van der Waals surface area contributed by atoms with Gasteiger partial charge in [-0.2, -0.15) is 0 Å². The maximum Gasteiger partial charge on any atom is 0.255 e. The monoisotopic (exact) mass is 346 g/mol. The predicted molar refractivity (Wildman–Crippen MR) is 86.9 cm³/mol. The molecule has 1 amide bonds. The summed E-state index contributed by atoms with van der Waals surface area (Å²) in [6.07, 6.45) is 0. The van der Waals surface area contributed by atoms with E-state index in [4.69, 9.17) is 27.9 Å². The normalized spacial score (nSPS) is 16.5. The number of carbonyl (C=O) groups excluding carboxylic acids is 1. The Bertz CT molecular complexity index is 558. The second-order valence-electron chi connectivity index (χ2n) is 5.98. The van der Waals surface area contributed by atoms with Gasteiger partial charge in [0.15, 0.2) is 0 Å². The molecule has 1 heterocycles. The molecule has 2 N–H and O–H groups in total. The largest absolute Gasteiger partial charge is 0.505 e. The number of rotatable bonds is 4. The van der Waals surface area contributed by atoms with E-state index in [0.29, 0.717) is 19.8 Å². The van der Waals surface area contributed by atoms with E-state index < -0.39 is 5.54 Å². The minimum Gasteiger partial charge on any atom is -0.505 e. The zero-order valence-corrected chi connectivity index (χ0v) is 14.2. The molecule has 0 atom stereocenters. The predicted octanol–water partition coefficient (Wildman–Crippen LogP) is 2.54. The van der Waals surface area contributed by atoms with Gasteiger partial charge in [-0.25, -0.2) is 0 Å². The van der Waals surface area contributed by atoms with Crippen molar-refractivity contribution in [2.24, 2.45) is 0 Å². The Morgan fingerprint density at radius 1 is 1.36 bits per heavy atom. The number of hydrogen-bond donors (Lipinski definition) is 2. The maximum absolute atomic E-state index is 12.4. The minimum absolute atomic E-state index is 0.0136. The molecule has 5 nitrogen and oxygen atoms in total. The Balaban J connectivity index is 2.05. The molecule has 1 aromatic rings. The number of phenolic OH excluding ortho intramolecular Hbond substituents is 1. The summed E-state index contributed by atoms with van der Waals surface area (Å²) in [6.45, 7) is 7.68. The zero-order chi connectivity index (χ0) is 16.3. The van der Waals surface area contributed by atoms with Crippen molar-refractivity contribution in [1.82, 2.24) is 10.2 Å². The molecule has 0 unspecified atom stereocenters. The summed E-state index contributed by atoms with van der Waals surface area (Å²) in [5, 5.41) is 13.1. The Labute approximate surface area is 140 Å². The highest BCUT2D eigenvalue weighted by atomic mass is 35.5. The van der Waals surface area contributed by atoms with Crippen molar-refractivity contribution in [1.29, 1.82) is 0 Å². The van der Waals surface area contributed by atoms with E-state index in [2.05, 4.69) is 10.2 Å². The van der Waals surface area contributed by atoms with Gasteiger partial charge in [0.05, 0.1) is 23.8 Å². The van der Waals surface area contributed by atoms with Crippen molar-refractivity contribution in [3.8, 4) is 5.75 Å². The fourth-order valence-corrected chi connectivity index (χ4v) is 2.77. The van der Waals surface area contributed by atoms with E-state index in [1.54, 1.807) is 0 Å². The standard InChI is InChI=1S/C15H20Cl2N2O3/c1-15(2,9-19-5-7-22-8-6-19)18-14(21)10-3-4-11(16)12(17)13(10)20/h3-4,20H,5-9H2,1-2H3,(H,18,21). The number of aromatic hydroxyl groups is 1. The molecular weight excluding hydrogens is 327 g/mol. The quantitative estimate of drug-likeness (QED) is 0.879. The van der Waals surface area contributed by atoms with Crippen LogP contribution in [0.1, 0.15) is 24.2 Å². The highest BCUT2D eigenvalue weighted by Crippen LogP contribution is 2.34. The first-order valence-corrected chi connectivity index (χ1v) is 7.85. The summed E-state index contributed by atoms with van der Waals surface area (Å²) in [5.74, 6) is -0.678. The molecule has 2 rings (SSSR count). The van der Waals surface area contributed by atoms with Gasteiger partial charge < -0.3 is 15.2 Å². The average molecular weight is 347 g/mol. The van der Waals surface area contributed by atoms with Gasteiger partial charge >= 0.3 is 0 Å². The van der Waals surface area contributed by atoms with Crippen LogP contribution in [0.5, 0.6) is 5.75 Å². The van der Waals surface area contributed by atoms with Crippen molar-refractivity contribution < 1.29 is 14.6 Å². The van der Waals surface area contributed by atoms with Crippen molar-refractivity contribution in [3.05, 3.63) is 27.7 Å². The third kappa shape index (κ3) is 4.26. The molecular formula is C15H20Cl2N2O3. The number of amides is 1. The first kappa shape index (κ1) is 17.3. The Kier molecular flexibility index (Phi) is 5.55. The molecule has 0 radical (unpaired) electrons. The van der Waals surface area contributed by atoms with Crippen LogP contribution in [-0.4, -0.2) is 54.3 Å². The minimum atomic E-state index is -0.451. The van der Waals surface area contributed by atoms with Crippen LogP contribution < -0.4 is 5.32 Å². The lowest BCUT2D eigenvalue weighted by molar-refractivity contribution is 0.0269. The molecule has 1 aliphatic rings. The van der Waals surface area contributed by atoms with E-state index in [1.807, 2.05) is 13.8 Å². The fourth-order valence-electron chi connectivity index (χ4n) is 2.46. The van der Waals surface area contributed by atoms with E-state index in [0.717, 1.165) is 13.1 Å². The van der Waals surface area contributed by atoms with E-state index in [-0.39, 0.29) is 27.3 Å². The number of ether oxygens (including phenoxy) is 1. The van der Waals surface area contributed by atoms with Gasteiger partial charge in [0.25, 0.3) is 5.91 Å². The number of carbonyl (C=O) groups is 1. The second kappa shape index (κ2) is 7.04. The molecule has 0 saturated carbocycles. The summed E-state index contributed by atoms with van der Waals surface area (Å²) in [6, 6.07) is 2.96. The highest BCUT2D eigenvalue weighted by Gasteiger charge is 2.27. The summed E-state index contributed by atoms with van der Waals surface area (Å²) < 4.78 is 5.32. The van der Waals surface area contributed by atoms with Crippen molar-refractivity contribution in [3.63, 3.8) is 0 Å². The molecule has 0 aliphatic carbocycles. The summed E-state index contributed by atoms with van der Waals surface area (Å²) in [7, 11) is 0. The Morgan fingerprint density at radius 3 is 2.64 bits per heavy atom. The third-order valence-electron chi connectivity index (χ3n) is 3.49. The lowest BCUT2D eigenvalue weighted by Gasteiger charge is -2.35. The maximum atomic E-state index is 12.4. The molecule has 1 saturated heterocycles.